The average molecular weight is 301 g/mol. The predicted molar refractivity (Wildman–Crippen MR) is 75.0 cm³/mol. The van der Waals surface area contributed by atoms with Crippen LogP contribution in [0.15, 0.2) is 0 Å². The van der Waals surface area contributed by atoms with Gasteiger partial charge in [0.15, 0.2) is 0 Å². The van der Waals surface area contributed by atoms with Gasteiger partial charge in [-0.3, -0.25) is 4.79 Å². The first-order valence-electron chi connectivity index (χ1n) is 6.91. The van der Waals surface area contributed by atoms with Crippen LogP contribution in [0.1, 0.15) is 33.6 Å². The summed E-state index contributed by atoms with van der Waals surface area (Å²) in [6, 6.07) is -0.120. The van der Waals surface area contributed by atoms with Gasteiger partial charge in [-0.1, -0.05) is 0 Å². The Bertz CT molecular complexity index is 397. The van der Waals surface area contributed by atoms with E-state index in [1.54, 1.807) is 25.7 Å². The molecule has 0 aromatic carbocycles. The summed E-state index contributed by atoms with van der Waals surface area (Å²) >= 11 is 0. The highest BCUT2D eigenvalue weighted by Gasteiger charge is 2.24. The van der Waals surface area contributed by atoms with Gasteiger partial charge in [-0.2, -0.15) is 0 Å². The van der Waals surface area contributed by atoms with Crippen molar-refractivity contribution >= 4 is 18.1 Å². The van der Waals surface area contributed by atoms with E-state index in [-0.39, 0.29) is 18.5 Å². The van der Waals surface area contributed by atoms with Crippen molar-refractivity contribution in [3.05, 3.63) is 0 Å². The number of ether oxygens (including phenoxy) is 1. The Morgan fingerprint density at radius 2 is 1.81 bits per heavy atom. The molecule has 0 radical (unpaired) electrons. The van der Waals surface area contributed by atoms with Gasteiger partial charge in [0.25, 0.3) is 0 Å². The van der Waals surface area contributed by atoms with E-state index in [4.69, 9.17) is 9.84 Å². The molecule has 0 aliphatic carbocycles. The molecule has 1 rings (SSSR count). The lowest BCUT2D eigenvalue weighted by Crippen LogP contribution is -2.49. The number of carbonyl (C=O) groups excluding carboxylic acids is 2. The number of hydrogen-bond acceptors (Lipinski definition) is 4. The molecule has 0 saturated carbocycles. The summed E-state index contributed by atoms with van der Waals surface area (Å²) in [7, 11) is 0. The van der Waals surface area contributed by atoms with Gasteiger partial charge >= 0.3 is 12.2 Å². The molecular weight excluding hydrogens is 278 g/mol. The van der Waals surface area contributed by atoms with Gasteiger partial charge in [0.2, 0.25) is 5.91 Å². The minimum atomic E-state index is -1.05. The molecule has 0 atom stereocenters. The minimum Gasteiger partial charge on any atom is -0.465 e. The van der Waals surface area contributed by atoms with Gasteiger partial charge < -0.3 is 25.4 Å². The summed E-state index contributed by atoms with van der Waals surface area (Å²) in [6.45, 7) is 6.06. The lowest BCUT2D eigenvalue weighted by atomic mass is 10.1. The number of alkyl carbamates (subject to hydrolysis) is 1. The van der Waals surface area contributed by atoms with E-state index in [9.17, 15) is 14.4 Å². The Kier molecular flexibility index (Phi) is 5.80. The van der Waals surface area contributed by atoms with Gasteiger partial charge in [-0.15, -0.1) is 0 Å². The third-order valence-corrected chi connectivity index (χ3v) is 2.96. The van der Waals surface area contributed by atoms with Crippen molar-refractivity contribution in [2.24, 2.45) is 0 Å². The fourth-order valence-corrected chi connectivity index (χ4v) is 2.02. The quantitative estimate of drug-likeness (QED) is 0.713. The van der Waals surface area contributed by atoms with Crippen LogP contribution in [0.2, 0.25) is 0 Å². The largest absolute Gasteiger partial charge is 0.465 e. The number of piperidine rings is 1. The van der Waals surface area contributed by atoms with Gasteiger partial charge in [0, 0.05) is 19.1 Å². The van der Waals surface area contributed by atoms with Crippen LogP contribution in [-0.2, 0) is 9.53 Å². The van der Waals surface area contributed by atoms with Gasteiger partial charge in [0.05, 0.1) is 0 Å². The standard InChI is InChI=1S/C13H23N3O5/c1-13(2,3)21-12(20)14-8-10(17)16-6-4-9(5-7-16)15-11(18)19/h9,15H,4-8H2,1-3H3,(H,14,20)(H,18,19). The zero-order chi connectivity index (χ0) is 16.0. The van der Waals surface area contributed by atoms with Crippen LogP contribution in [0.25, 0.3) is 0 Å². The maximum Gasteiger partial charge on any atom is 0.408 e. The van der Waals surface area contributed by atoms with Crippen LogP contribution in [0, 0.1) is 0 Å². The Labute approximate surface area is 123 Å². The molecule has 0 spiro atoms. The molecule has 120 valence electrons. The highest BCUT2D eigenvalue weighted by Crippen LogP contribution is 2.10. The van der Waals surface area contributed by atoms with Gasteiger partial charge in [-0.25, -0.2) is 9.59 Å². The zero-order valence-corrected chi connectivity index (χ0v) is 12.6. The Morgan fingerprint density at radius 3 is 2.29 bits per heavy atom. The summed E-state index contributed by atoms with van der Waals surface area (Å²) in [6.07, 6.45) is -0.528. The molecule has 1 aliphatic rings. The monoisotopic (exact) mass is 301 g/mol. The summed E-state index contributed by atoms with van der Waals surface area (Å²) in [5, 5.41) is 13.4. The molecule has 1 saturated heterocycles. The maximum atomic E-state index is 11.9. The number of nitrogens with one attached hydrogen (secondary N) is 2. The predicted octanol–water partition coefficient (Wildman–Crippen LogP) is 0.770. The minimum absolute atomic E-state index is 0.119. The lowest BCUT2D eigenvalue weighted by molar-refractivity contribution is -0.131. The van der Waals surface area contributed by atoms with Crippen LogP contribution in [0.4, 0.5) is 9.59 Å². The summed E-state index contributed by atoms with van der Waals surface area (Å²) < 4.78 is 5.04. The van der Waals surface area contributed by atoms with E-state index in [2.05, 4.69) is 10.6 Å². The van der Waals surface area contributed by atoms with Crippen molar-refractivity contribution < 1.29 is 24.2 Å². The van der Waals surface area contributed by atoms with Crippen LogP contribution in [-0.4, -0.2) is 59.4 Å². The fourth-order valence-electron chi connectivity index (χ4n) is 2.02. The lowest BCUT2D eigenvalue weighted by Gasteiger charge is -2.32. The number of nitrogens with zero attached hydrogens (tertiary/aromatic N) is 1. The van der Waals surface area contributed by atoms with E-state index in [1.165, 1.54) is 0 Å². The normalized spacial score (nSPS) is 16.2. The topological polar surface area (TPSA) is 108 Å². The van der Waals surface area contributed by atoms with Crippen molar-refractivity contribution in [3.63, 3.8) is 0 Å². The second-order valence-corrected chi connectivity index (χ2v) is 5.96. The molecule has 3 N–H and O–H groups in total. The third-order valence-electron chi connectivity index (χ3n) is 2.96. The molecule has 8 nitrogen and oxygen atoms in total. The molecule has 3 amide bonds. The van der Waals surface area contributed by atoms with Gasteiger partial charge in [0.1, 0.15) is 12.1 Å². The highest BCUT2D eigenvalue weighted by molar-refractivity contribution is 5.82. The summed E-state index contributed by atoms with van der Waals surface area (Å²) in [5.41, 5.74) is -0.603. The number of hydrogen-bond donors (Lipinski definition) is 3. The number of rotatable bonds is 3. The molecule has 1 fully saturated rings. The van der Waals surface area contributed by atoms with Crippen molar-refractivity contribution in [1.82, 2.24) is 15.5 Å². The van der Waals surface area contributed by atoms with E-state index >= 15 is 0 Å². The SMILES string of the molecule is CC(C)(C)OC(=O)NCC(=O)N1CCC(NC(=O)O)CC1. The van der Waals surface area contributed by atoms with E-state index in [0.29, 0.717) is 25.9 Å². The number of carboxylic acid groups (broad SMARTS) is 1. The Balaban J connectivity index is 2.28. The number of amides is 3. The van der Waals surface area contributed by atoms with E-state index in [0.717, 1.165) is 0 Å². The second kappa shape index (κ2) is 7.14. The molecule has 0 aromatic rings. The molecule has 8 heteroatoms. The van der Waals surface area contributed by atoms with Crippen LogP contribution >= 0.6 is 0 Å². The third kappa shape index (κ3) is 6.82. The molecule has 0 unspecified atom stereocenters. The first-order valence-corrected chi connectivity index (χ1v) is 6.91. The van der Waals surface area contributed by atoms with Crippen molar-refractivity contribution in [1.29, 1.82) is 0 Å². The summed E-state index contributed by atoms with van der Waals surface area (Å²) in [4.78, 5) is 35.5. The molecule has 1 heterocycles. The highest BCUT2D eigenvalue weighted by atomic mass is 16.6. The molecule has 21 heavy (non-hydrogen) atoms. The average Bonchev–Trinajstić information content (AvgIpc) is 2.34. The maximum absolute atomic E-state index is 11.9. The molecule has 0 aromatic heterocycles. The Hall–Kier alpha value is -1.99. The fraction of sp³-hybridized carbons (Fsp3) is 0.769. The Morgan fingerprint density at radius 1 is 1.24 bits per heavy atom. The van der Waals surface area contributed by atoms with Crippen LogP contribution in [0.5, 0.6) is 0 Å². The van der Waals surface area contributed by atoms with Crippen LogP contribution < -0.4 is 10.6 Å². The molecule has 0 bridgehead atoms. The molecular formula is C13H23N3O5. The van der Waals surface area contributed by atoms with Crippen LogP contribution in [0.3, 0.4) is 0 Å². The zero-order valence-electron chi connectivity index (χ0n) is 12.6. The van der Waals surface area contributed by atoms with Crippen molar-refractivity contribution in [3.8, 4) is 0 Å². The van der Waals surface area contributed by atoms with Gasteiger partial charge in [-0.05, 0) is 33.6 Å². The van der Waals surface area contributed by atoms with E-state index in [1.807, 2.05) is 0 Å². The number of carbonyl (C=O) groups is 3. The van der Waals surface area contributed by atoms with Crippen molar-refractivity contribution in [2.75, 3.05) is 19.6 Å². The van der Waals surface area contributed by atoms with E-state index < -0.39 is 17.8 Å². The summed E-state index contributed by atoms with van der Waals surface area (Å²) in [5.74, 6) is -0.199. The molecule has 1 aliphatic heterocycles. The first kappa shape index (κ1) is 17.1. The van der Waals surface area contributed by atoms with Crippen molar-refractivity contribution in [2.45, 2.75) is 45.3 Å². The smallest absolute Gasteiger partial charge is 0.408 e. The number of likely N-dealkylation sites (tertiary alicyclic amines) is 1. The first-order chi connectivity index (χ1) is 9.67. The second-order valence-electron chi connectivity index (χ2n) is 5.96.